The van der Waals surface area contributed by atoms with Gasteiger partial charge in [-0.2, -0.15) is 18.3 Å². The summed E-state index contributed by atoms with van der Waals surface area (Å²) in [6.45, 7) is 0. The molecule has 0 amide bonds. The number of carboxylic acid groups (broad SMARTS) is 1. The average molecular weight is 486 g/mol. The fraction of sp³-hybridized carbons (Fsp3) is 0.217. The number of alkyl halides is 3. The third-order valence-electron chi connectivity index (χ3n) is 6.15. The summed E-state index contributed by atoms with van der Waals surface area (Å²) >= 11 is 0. The fourth-order valence-electron chi connectivity index (χ4n) is 4.64. The Labute approximate surface area is 194 Å². The van der Waals surface area contributed by atoms with Crippen LogP contribution in [0.1, 0.15) is 29.2 Å². The molecule has 0 unspecified atom stereocenters. The number of carbonyl (C=O) groups is 1. The van der Waals surface area contributed by atoms with Gasteiger partial charge in [0.2, 0.25) is 5.75 Å². The van der Waals surface area contributed by atoms with Gasteiger partial charge in [-0.3, -0.25) is 14.0 Å². The third-order valence-corrected chi connectivity index (χ3v) is 6.15. The molecule has 0 bridgehead atoms. The first kappa shape index (κ1) is 22.4. The van der Waals surface area contributed by atoms with Crippen molar-refractivity contribution in [2.45, 2.75) is 25.1 Å². The molecule has 0 spiro atoms. The lowest BCUT2D eigenvalue weighted by atomic mass is 10.0. The van der Waals surface area contributed by atoms with Crippen molar-refractivity contribution in [1.29, 1.82) is 0 Å². The van der Waals surface area contributed by atoms with Crippen molar-refractivity contribution >= 4 is 17.1 Å². The summed E-state index contributed by atoms with van der Waals surface area (Å²) in [7, 11) is 1.74. The van der Waals surface area contributed by atoms with Crippen molar-refractivity contribution in [2.24, 2.45) is 7.05 Å². The molecular weight excluding hydrogens is 469 g/mol. The molecule has 0 fully saturated rings. The highest BCUT2D eigenvalue weighted by atomic mass is 19.4. The van der Waals surface area contributed by atoms with Gasteiger partial charge >= 0.3 is 18.0 Å². The van der Waals surface area contributed by atoms with Crippen molar-refractivity contribution in [3.05, 3.63) is 86.3 Å². The standard InChI is InChI=1S/C23H17F3N4O5/c1-28-17-7-5-13(9-12(17)10-27-28)29-11-19(35-22(33)34)20(31)30(21(29)32)18-8-6-14-15(18)3-2-4-16(14)23(24,25)26/h2-5,7,9-11,18H,6,8H2,1H3,(H,33,34)/t18-/m1/s1. The first-order chi connectivity index (χ1) is 16.6. The van der Waals surface area contributed by atoms with E-state index in [9.17, 15) is 27.6 Å². The molecule has 4 aromatic rings. The maximum atomic E-state index is 13.5. The van der Waals surface area contributed by atoms with E-state index in [0.29, 0.717) is 11.1 Å². The van der Waals surface area contributed by atoms with Gasteiger partial charge in [0.05, 0.1) is 35.2 Å². The molecule has 2 heterocycles. The van der Waals surface area contributed by atoms with Crippen LogP contribution in [0.3, 0.4) is 0 Å². The largest absolute Gasteiger partial charge is 0.511 e. The van der Waals surface area contributed by atoms with Gasteiger partial charge in [0.1, 0.15) is 0 Å². The van der Waals surface area contributed by atoms with Gasteiger partial charge in [-0.25, -0.2) is 14.2 Å². The maximum absolute atomic E-state index is 13.5. The number of fused-ring (bicyclic) bond motifs is 2. The smallest absolute Gasteiger partial charge is 0.449 e. The van der Waals surface area contributed by atoms with Crippen LogP contribution in [0.2, 0.25) is 0 Å². The fourth-order valence-corrected chi connectivity index (χ4v) is 4.64. The van der Waals surface area contributed by atoms with Gasteiger partial charge in [-0.1, -0.05) is 12.1 Å². The third kappa shape index (κ3) is 3.66. The van der Waals surface area contributed by atoms with Crippen molar-refractivity contribution < 1.29 is 27.8 Å². The second kappa shape index (κ2) is 7.86. The molecule has 2 aromatic heterocycles. The molecule has 1 aliphatic carbocycles. The van der Waals surface area contributed by atoms with E-state index in [0.717, 1.165) is 26.9 Å². The van der Waals surface area contributed by atoms with Crippen LogP contribution >= 0.6 is 0 Å². The molecule has 35 heavy (non-hydrogen) atoms. The minimum atomic E-state index is -4.60. The van der Waals surface area contributed by atoms with Crippen LogP contribution < -0.4 is 16.0 Å². The van der Waals surface area contributed by atoms with Crippen molar-refractivity contribution in [1.82, 2.24) is 18.9 Å². The Kier molecular flexibility index (Phi) is 5.04. The molecule has 180 valence electrons. The number of hydrogen-bond donors (Lipinski definition) is 1. The van der Waals surface area contributed by atoms with Gasteiger partial charge in [0, 0.05) is 12.4 Å². The summed E-state index contributed by atoms with van der Waals surface area (Å²) in [5.41, 5.74) is -1.48. The van der Waals surface area contributed by atoms with Crippen LogP contribution in [0.15, 0.2) is 58.4 Å². The molecule has 2 aromatic carbocycles. The number of benzene rings is 2. The Morgan fingerprint density at radius 3 is 2.69 bits per heavy atom. The van der Waals surface area contributed by atoms with E-state index in [-0.39, 0.29) is 24.0 Å². The zero-order chi connectivity index (χ0) is 25.1. The number of nitrogens with zero attached hydrogens (tertiary/aromatic N) is 4. The van der Waals surface area contributed by atoms with Gasteiger partial charge in [0.15, 0.2) is 0 Å². The lowest BCUT2D eigenvalue weighted by Crippen LogP contribution is -2.42. The summed E-state index contributed by atoms with van der Waals surface area (Å²) < 4.78 is 48.7. The molecule has 9 nitrogen and oxygen atoms in total. The maximum Gasteiger partial charge on any atom is 0.511 e. The van der Waals surface area contributed by atoms with E-state index in [4.69, 9.17) is 5.11 Å². The highest BCUT2D eigenvalue weighted by Gasteiger charge is 2.38. The van der Waals surface area contributed by atoms with E-state index in [1.807, 2.05) is 0 Å². The van der Waals surface area contributed by atoms with E-state index in [1.54, 1.807) is 36.1 Å². The SMILES string of the molecule is Cn1ncc2cc(-n3cc(OC(=O)O)c(=O)n([C@@H]4CCc5c4cccc5C(F)(F)F)c3=O)ccc21. The number of aromatic nitrogens is 4. The zero-order valence-electron chi connectivity index (χ0n) is 18.1. The Morgan fingerprint density at radius 1 is 1.20 bits per heavy atom. The van der Waals surface area contributed by atoms with Crippen LogP contribution in [0.5, 0.6) is 5.75 Å². The number of aryl methyl sites for hydroxylation is 1. The topological polar surface area (TPSA) is 108 Å². The van der Waals surface area contributed by atoms with Gasteiger partial charge in [0.25, 0.3) is 5.56 Å². The zero-order valence-corrected chi connectivity index (χ0v) is 18.1. The number of ether oxygens (including phenoxy) is 1. The number of rotatable bonds is 3. The van der Waals surface area contributed by atoms with E-state index in [2.05, 4.69) is 9.84 Å². The molecule has 12 heteroatoms. The van der Waals surface area contributed by atoms with Gasteiger partial charge in [-0.15, -0.1) is 0 Å². The normalized spacial score (nSPS) is 15.4. The van der Waals surface area contributed by atoms with Crippen molar-refractivity contribution in [3.63, 3.8) is 0 Å². The second-order valence-corrected chi connectivity index (χ2v) is 8.13. The molecule has 0 saturated heterocycles. The minimum Gasteiger partial charge on any atom is -0.449 e. The van der Waals surface area contributed by atoms with Crippen LogP contribution in [-0.2, 0) is 19.6 Å². The summed E-state index contributed by atoms with van der Waals surface area (Å²) in [5, 5.41) is 13.9. The van der Waals surface area contributed by atoms with E-state index in [1.165, 1.54) is 12.1 Å². The monoisotopic (exact) mass is 486 g/mol. The number of halogens is 3. The molecule has 0 aliphatic heterocycles. The Morgan fingerprint density at radius 2 is 1.97 bits per heavy atom. The van der Waals surface area contributed by atoms with Crippen LogP contribution in [0.4, 0.5) is 18.0 Å². The highest BCUT2D eigenvalue weighted by Crippen LogP contribution is 2.41. The molecule has 0 radical (unpaired) electrons. The molecule has 0 saturated carbocycles. The van der Waals surface area contributed by atoms with Gasteiger partial charge < -0.3 is 9.84 Å². The first-order valence-corrected chi connectivity index (χ1v) is 10.5. The highest BCUT2D eigenvalue weighted by molar-refractivity contribution is 5.80. The van der Waals surface area contributed by atoms with Crippen LogP contribution in [0, 0.1) is 0 Å². The van der Waals surface area contributed by atoms with Crippen molar-refractivity contribution in [3.8, 4) is 11.4 Å². The summed E-state index contributed by atoms with van der Waals surface area (Å²) in [6, 6.07) is 7.47. The predicted molar refractivity (Wildman–Crippen MR) is 117 cm³/mol. The predicted octanol–water partition coefficient (Wildman–Crippen LogP) is 3.50. The molecule has 1 N–H and O–H groups in total. The van der Waals surface area contributed by atoms with Gasteiger partial charge in [-0.05, 0) is 48.2 Å². The minimum absolute atomic E-state index is 0.00388. The first-order valence-electron chi connectivity index (χ1n) is 10.5. The quantitative estimate of drug-likeness (QED) is 0.444. The lowest BCUT2D eigenvalue weighted by Gasteiger charge is -2.19. The molecular formula is C23H17F3N4O5. The van der Waals surface area contributed by atoms with Crippen LogP contribution in [0.25, 0.3) is 16.6 Å². The molecule has 1 atom stereocenters. The summed E-state index contributed by atoms with van der Waals surface area (Å²) in [5.74, 6) is -0.649. The number of hydrogen-bond acceptors (Lipinski definition) is 5. The second-order valence-electron chi connectivity index (χ2n) is 8.13. The molecule has 1 aliphatic rings. The summed E-state index contributed by atoms with van der Waals surface area (Å²) in [4.78, 5) is 37.9. The Bertz CT molecular complexity index is 1620. The van der Waals surface area contributed by atoms with E-state index >= 15 is 0 Å². The molecule has 5 rings (SSSR count). The van der Waals surface area contributed by atoms with Crippen LogP contribution in [-0.4, -0.2) is 30.2 Å². The van der Waals surface area contributed by atoms with Crippen molar-refractivity contribution in [2.75, 3.05) is 0 Å². The van der Waals surface area contributed by atoms with E-state index < -0.39 is 40.9 Å². The average Bonchev–Trinajstić information content (AvgIpc) is 3.38. The Hall–Kier alpha value is -4.35. The lowest BCUT2D eigenvalue weighted by molar-refractivity contribution is -0.138. The summed E-state index contributed by atoms with van der Waals surface area (Å²) in [6.07, 6.45) is -3.79. The Balaban J connectivity index is 1.74.